The molecule has 0 aliphatic heterocycles. The molecule has 1 fully saturated rings. The minimum absolute atomic E-state index is 0.591. The molecule has 106 valence electrons. The maximum Gasteiger partial charge on any atom is 0.162 e. The maximum atomic E-state index is 5.89. The molecule has 1 aliphatic carbocycles. The lowest BCUT2D eigenvalue weighted by molar-refractivity contribution is 0.287. The molecule has 1 aromatic carbocycles. The van der Waals surface area contributed by atoms with Crippen molar-refractivity contribution in [2.75, 3.05) is 7.11 Å². The summed E-state index contributed by atoms with van der Waals surface area (Å²) in [6, 6.07) is 11.0. The number of benzene rings is 1. The van der Waals surface area contributed by atoms with Crippen LogP contribution in [0.15, 0.2) is 35.7 Å². The zero-order valence-corrected chi connectivity index (χ0v) is 12.4. The van der Waals surface area contributed by atoms with Crippen LogP contribution in [0.1, 0.15) is 23.3 Å². The molecule has 3 rings (SSSR count). The average molecular weight is 289 g/mol. The van der Waals surface area contributed by atoms with Crippen molar-refractivity contribution in [2.45, 2.75) is 32.0 Å². The van der Waals surface area contributed by atoms with Gasteiger partial charge in [-0.05, 0) is 42.0 Å². The molecular weight excluding hydrogens is 270 g/mol. The molecule has 0 atom stereocenters. The first-order valence-corrected chi connectivity index (χ1v) is 7.78. The van der Waals surface area contributed by atoms with Crippen molar-refractivity contribution in [1.29, 1.82) is 0 Å². The Balaban J connectivity index is 1.66. The number of ether oxygens (including phenoxy) is 2. The fourth-order valence-electron chi connectivity index (χ4n) is 2.04. The highest BCUT2D eigenvalue weighted by atomic mass is 32.1. The third-order valence-electron chi connectivity index (χ3n) is 3.35. The van der Waals surface area contributed by atoms with Gasteiger partial charge in [0.25, 0.3) is 0 Å². The van der Waals surface area contributed by atoms with Crippen molar-refractivity contribution in [3.05, 3.63) is 46.2 Å². The summed E-state index contributed by atoms with van der Waals surface area (Å²) in [6.45, 7) is 1.48. The van der Waals surface area contributed by atoms with E-state index < -0.39 is 0 Å². The van der Waals surface area contributed by atoms with Crippen LogP contribution < -0.4 is 14.8 Å². The van der Waals surface area contributed by atoms with E-state index in [-0.39, 0.29) is 0 Å². The number of hydrogen-bond donors (Lipinski definition) is 1. The first kappa shape index (κ1) is 13.5. The zero-order valence-electron chi connectivity index (χ0n) is 11.6. The summed E-state index contributed by atoms with van der Waals surface area (Å²) in [5.74, 6) is 1.60. The first-order valence-electron chi connectivity index (χ1n) is 6.90. The topological polar surface area (TPSA) is 30.5 Å². The third-order valence-corrected chi connectivity index (χ3v) is 4.20. The van der Waals surface area contributed by atoms with Crippen molar-refractivity contribution in [3.8, 4) is 11.5 Å². The minimum Gasteiger partial charge on any atom is -0.493 e. The molecule has 0 saturated heterocycles. The van der Waals surface area contributed by atoms with Crippen molar-refractivity contribution in [1.82, 2.24) is 5.32 Å². The van der Waals surface area contributed by atoms with E-state index in [0.717, 1.165) is 18.0 Å². The van der Waals surface area contributed by atoms with Gasteiger partial charge in [0.05, 0.1) is 7.11 Å². The Morgan fingerprint density at radius 3 is 2.85 bits per heavy atom. The Morgan fingerprint density at radius 2 is 2.15 bits per heavy atom. The maximum absolute atomic E-state index is 5.89. The highest BCUT2D eigenvalue weighted by Crippen LogP contribution is 2.29. The van der Waals surface area contributed by atoms with Gasteiger partial charge < -0.3 is 14.8 Å². The van der Waals surface area contributed by atoms with Crippen molar-refractivity contribution < 1.29 is 9.47 Å². The molecule has 1 heterocycles. The minimum atomic E-state index is 0.591. The van der Waals surface area contributed by atoms with Gasteiger partial charge in [-0.25, -0.2) is 0 Å². The first-order chi connectivity index (χ1) is 9.85. The second kappa shape index (κ2) is 6.29. The van der Waals surface area contributed by atoms with Crippen LogP contribution in [0.25, 0.3) is 0 Å². The van der Waals surface area contributed by atoms with Gasteiger partial charge in [-0.2, -0.15) is 0 Å². The van der Waals surface area contributed by atoms with Gasteiger partial charge in [-0.3, -0.25) is 0 Å². The summed E-state index contributed by atoms with van der Waals surface area (Å²) in [6.07, 6.45) is 2.61. The third kappa shape index (κ3) is 3.52. The van der Waals surface area contributed by atoms with Crippen LogP contribution in [-0.4, -0.2) is 13.2 Å². The number of nitrogens with one attached hydrogen (secondary N) is 1. The Labute approximate surface area is 123 Å². The van der Waals surface area contributed by atoms with Crippen molar-refractivity contribution >= 4 is 11.3 Å². The lowest BCUT2D eigenvalue weighted by atomic mass is 10.2. The van der Waals surface area contributed by atoms with E-state index in [4.69, 9.17) is 9.47 Å². The van der Waals surface area contributed by atoms with Crippen LogP contribution in [0.3, 0.4) is 0 Å². The van der Waals surface area contributed by atoms with Gasteiger partial charge >= 0.3 is 0 Å². The van der Waals surface area contributed by atoms with Gasteiger partial charge in [0.1, 0.15) is 6.61 Å². The van der Waals surface area contributed by atoms with Crippen LogP contribution in [-0.2, 0) is 13.2 Å². The number of rotatable bonds is 7. The Morgan fingerprint density at radius 1 is 1.25 bits per heavy atom. The molecule has 1 saturated carbocycles. The van der Waals surface area contributed by atoms with Gasteiger partial charge in [0, 0.05) is 17.5 Å². The quantitative estimate of drug-likeness (QED) is 0.845. The summed E-state index contributed by atoms with van der Waals surface area (Å²) in [4.78, 5) is 1.22. The van der Waals surface area contributed by atoms with Gasteiger partial charge in [-0.15, -0.1) is 11.3 Å². The van der Waals surface area contributed by atoms with E-state index >= 15 is 0 Å². The lowest BCUT2D eigenvalue weighted by Gasteiger charge is -2.12. The Hall–Kier alpha value is -1.52. The second-order valence-corrected chi connectivity index (χ2v) is 6.04. The average Bonchev–Trinajstić information content (AvgIpc) is 3.17. The molecule has 1 N–H and O–H groups in total. The van der Waals surface area contributed by atoms with E-state index in [1.807, 2.05) is 12.1 Å². The van der Waals surface area contributed by atoms with Gasteiger partial charge in [0.15, 0.2) is 11.5 Å². The van der Waals surface area contributed by atoms with Crippen molar-refractivity contribution in [2.24, 2.45) is 0 Å². The number of thiophene rings is 1. The molecule has 0 radical (unpaired) electrons. The van der Waals surface area contributed by atoms with Gasteiger partial charge in [0.2, 0.25) is 0 Å². The molecule has 0 spiro atoms. The van der Waals surface area contributed by atoms with Gasteiger partial charge in [-0.1, -0.05) is 12.1 Å². The number of methoxy groups -OCH3 is 1. The monoisotopic (exact) mass is 289 g/mol. The van der Waals surface area contributed by atoms with E-state index in [9.17, 15) is 0 Å². The fraction of sp³-hybridized carbons (Fsp3) is 0.375. The predicted octanol–water partition coefficient (Wildman–Crippen LogP) is 3.59. The van der Waals surface area contributed by atoms with E-state index in [2.05, 4.69) is 28.9 Å². The van der Waals surface area contributed by atoms with E-state index in [0.29, 0.717) is 12.6 Å². The zero-order chi connectivity index (χ0) is 13.8. The molecular formula is C16H19NO2S. The molecule has 0 unspecified atom stereocenters. The normalized spacial score (nSPS) is 14.2. The van der Waals surface area contributed by atoms with Crippen LogP contribution in [0.5, 0.6) is 11.5 Å². The molecule has 3 nitrogen and oxygen atoms in total. The second-order valence-electron chi connectivity index (χ2n) is 5.01. The molecule has 1 aliphatic rings. The summed E-state index contributed by atoms with van der Waals surface area (Å²) in [5.41, 5.74) is 1.24. The standard InChI is InChI=1S/C16H19NO2S/c1-18-15-7-4-12(10-17-13-5-6-13)9-16(15)19-11-14-3-2-8-20-14/h2-4,7-9,13,17H,5-6,10-11H2,1H3. The van der Waals surface area contributed by atoms with E-state index in [1.165, 1.54) is 23.3 Å². The summed E-state index contributed by atoms with van der Waals surface area (Å²) in [5, 5.41) is 5.57. The smallest absolute Gasteiger partial charge is 0.162 e. The predicted molar refractivity (Wildman–Crippen MR) is 81.5 cm³/mol. The SMILES string of the molecule is COc1ccc(CNC2CC2)cc1OCc1cccs1. The Kier molecular flexibility index (Phi) is 4.23. The van der Waals surface area contributed by atoms with Crippen LogP contribution >= 0.6 is 11.3 Å². The molecule has 1 aromatic heterocycles. The summed E-state index contributed by atoms with van der Waals surface area (Å²) < 4.78 is 11.3. The highest BCUT2D eigenvalue weighted by molar-refractivity contribution is 7.09. The van der Waals surface area contributed by atoms with Crippen LogP contribution in [0.4, 0.5) is 0 Å². The Bertz CT molecular complexity index is 550. The largest absolute Gasteiger partial charge is 0.493 e. The van der Waals surface area contributed by atoms with E-state index in [1.54, 1.807) is 18.4 Å². The molecule has 2 aromatic rings. The summed E-state index contributed by atoms with van der Waals surface area (Å²) >= 11 is 1.70. The lowest BCUT2D eigenvalue weighted by Crippen LogP contribution is -2.15. The summed E-state index contributed by atoms with van der Waals surface area (Å²) in [7, 11) is 1.68. The van der Waals surface area contributed by atoms with Crippen molar-refractivity contribution in [3.63, 3.8) is 0 Å². The molecule has 0 amide bonds. The molecule has 20 heavy (non-hydrogen) atoms. The highest BCUT2D eigenvalue weighted by Gasteiger charge is 2.20. The van der Waals surface area contributed by atoms with Crippen LogP contribution in [0, 0.1) is 0 Å². The molecule has 4 heteroatoms. The number of hydrogen-bond acceptors (Lipinski definition) is 4. The fourth-order valence-corrected chi connectivity index (χ4v) is 2.65. The van der Waals surface area contributed by atoms with Crippen LogP contribution in [0.2, 0.25) is 0 Å². The molecule has 0 bridgehead atoms.